The number of benzene rings is 3. The number of imide groups is 1. The van der Waals surface area contributed by atoms with E-state index in [1.165, 1.54) is 4.90 Å². The van der Waals surface area contributed by atoms with Crippen molar-refractivity contribution in [1.29, 1.82) is 0 Å². The molecule has 7 heteroatoms. The second-order valence-corrected chi connectivity index (χ2v) is 10.0. The van der Waals surface area contributed by atoms with Crippen LogP contribution in [-0.2, 0) is 20.9 Å². The number of fused-ring (bicyclic) bond motifs is 3. The van der Waals surface area contributed by atoms with Gasteiger partial charge in [0.2, 0.25) is 29.0 Å². The second-order valence-electron chi connectivity index (χ2n) is 8.78. The standard InChI is InChI=1S/C27H18INO5/c28-17-12-10-16(11-13-17)22-20-21(26(33)29(25(20)32)14-15-6-2-1-3-7-15)27(34-22)23(30)18-8-4-5-9-19(18)24(27)31/h1-13,20-22H,14H2/t20-,21+,22+/m0/s1. The molecule has 1 aliphatic carbocycles. The van der Waals surface area contributed by atoms with E-state index in [0.29, 0.717) is 5.56 Å². The van der Waals surface area contributed by atoms with Crippen molar-refractivity contribution in [3.63, 3.8) is 0 Å². The quantitative estimate of drug-likeness (QED) is 0.274. The lowest BCUT2D eigenvalue weighted by molar-refractivity contribution is -0.145. The van der Waals surface area contributed by atoms with Gasteiger partial charge in [0.15, 0.2) is 0 Å². The molecule has 0 radical (unpaired) electrons. The van der Waals surface area contributed by atoms with Crippen LogP contribution in [0, 0.1) is 15.4 Å². The minimum Gasteiger partial charge on any atom is -0.349 e. The van der Waals surface area contributed by atoms with E-state index in [1.807, 2.05) is 54.6 Å². The molecule has 6 nitrogen and oxygen atoms in total. The number of ether oxygens (including phenoxy) is 1. The van der Waals surface area contributed by atoms with Gasteiger partial charge in [0.25, 0.3) is 0 Å². The minimum atomic E-state index is -2.03. The molecule has 2 heterocycles. The van der Waals surface area contributed by atoms with Crippen molar-refractivity contribution < 1.29 is 23.9 Å². The van der Waals surface area contributed by atoms with Gasteiger partial charge in [-0.1, -0.05) is 66.7 Å². The molecule has 0 aromatic heterocycles. The minimum absolute atomic E-state index is 0.0797. The summed E-state index contributed by atoms with van der Waals surface area (Å²) in [5.41, 5.74) is -0.114. The highest BCUT2D eigenvalue weighted by molar-refractivity contribution is 14.1. The Morgan fingerprint density at radius 2 is 1.35 bits per heavy atom. The third-order valence-electron chi connectivity index (χ3n) is 6.99. The number of hydrogen-bond donors (Lipinski definition) is 0. The van der Waals surface area contributed by atoms with Gasteiger partial charge in [-0.05, 0) is 45.9 Å². The molecule has 168 valence electrons. The van der Waals surface area contributed by atoms with Crippen LogP contribution in [0.25, 0.3) is 0 Å². The van der Waals surface area contributed by atoms with Gasteiger partial charge in [0, 0.05) is 14.7 Å². The third-order valence-corrected chi connectivity index (χ3v) is 7.71. The van der Waals surface area contributed by atoms with Crippen LogP contribution in [0.5, 0.6) is 0 Å². The van der Waals surface area contributed by atoms with Crippen molar-refractivity contribution in [2.75, 3.05) is 0 Å². The Hall–Kier alpha value is -3.17. The predicted molar refractivity (Wildman–Crippen MR) is 130 cm³/mol. The van der Waals surface area contributed by atoms with E-state index < -0.39 is 46.9 Å². The number of amides is 2. The molecule has 3 aromatic carbocycles. The van der Waals surface area contributed by atoms with Gasteiger partial charge in [-0.2, -0.15) is 0 Å². The lowest BCUT2D eigenvalue weighted by Crippen LogP contribution is -2.50. The largest absolute Gasteiger partial charge is 0.349 e. The van der Waals surface area contributed by atoms with Crippen molar-refractivity contribution in [3.8, 4) is 0 Å². The van der Waals surface area contributed by atoms with E-state index in [2.05, 4.69) is 22.6 Å². The van der Waals surface area contributed by atoms with Gasteiger partial charge in [-0.15, -0.1) is 0 Å². The van der Waals surface area contributed by atoms with E-state index in [0.717, 1.165) is 9.13 Å². The van der Waals surface area contributed by atoms with Crippen molar-refractivity contribution >= 4 is 46.0 Å². The lowest BCUT2D eigenvalue weighted by Gasteiger charge is -2.27. The number of rotatable bonds is 3. The maximum atomic E-state index is 13.8. The summed E-state index contributed by atoms with van der Waals surface area (Å²) < 4.78 is 7.27. The summed E-state index contributed by atoms with van der Waals surface area (Å²) >= 11 is 2.17. The van der Waals surface area contributed by atoms with Gasteiger partial charge in [0.05, 0.1) is 24.5 Å². The van der Waals surface area contributed by atoms with E-state index in [1.54, 1.807) is 24.3 Å². The molecular weight excluding hydrogens is 545 g/mol. The molecule has 2 saturated heterocycles. The summed E-state index contributed by atoms with van der Waals surface area (Å²) in [6, 6.07) is 23.1. The number of Topliss-reactive ketones (excluding diaryl/α,β-unsaturated/α-hetero) is 2. The highest BCUT2D eigenvalue weighted by Crippen LogP contribution is 2.57. The van der Waals surface area contributed by atoms with Gasteiger partial charge >= 0.3 is 0 Å². The fraction of sp³-hybridized carbons (Fsp3) is 0.185. The van der Waals surface area contributed by atoms with Crippen LogP contribution in [0.3, 0.4) is 0 Å². The highest BCUT2D eigenvalue weighted by Gasteiger charge is 2.74. The second kappa shape index (κ2) is 7.68. The molecule has 2 fully saturated rings. The van der Waals surface area contributed by atoms with Crippen molar-refractivity contribution in [3.05, 3.63) is 105 Å². The fourth-order valence-corrected chi connectivity index (χ4v) is 5.81. The lowest BCUT2D eigenvalue weighted by atomic mass is 9.77. The first-order valence-electron chi connectivity index (χ1n) is 10.9. The van der Waals surface area contributed by atoms with Crippen LogP contribution >= 0.6 is 22.6 Å². The zero-order chi connectivity index (χ0) is 23.6. The molecule has 3 aromatic rings. The molecule has 3 aliphatic rings. The fourth-order valence-electron chi connectivity index (χ4n) is 5.45. The van der Waals surface area contributed by atoms with Crippen LogP contribution in [0.2, 0.25) is 0 Å². The van der Waals surface area contributed by atoms with Crippen molar-refractivity contribution in [1.82, 2.24) is 4.90 Å². The van der Waals surface area contributed by atoms with E-state index in [-0.39, 0.29) is 17.7 Å². The van der Waals surface area contributed by atoms with Gasteiger partial charge < -0.3 is 4.74 Å². The molecule has 0 bridgehead atoms. The van der Waals surface area contributed by atoms with Gasteiger partial charge in [-0.3, -0.25) is 24.1 Å². The van der Waals surface area contributed by atoms with E-state index >= 15 is 0 Å². The molecule has 6 rings (SSSR count). The summed E-state index contributed by atoms with van der Waals surface area (Å²) in [5.74, 6) is -4.21. The molecule has 3 atom stereocenters. The van der Waals surface area contributed by atoms with Crippen molar-refractivity contribution in [2.45, 2.75) is 18.2 Å². The summed E-state index contributed by atoms with van der Waals surface area (Å²) in [6.07, 6.45) is -0.888. The maximum Gasteiger partial charge on any atom is 0.237 e. The first kappa shape index (κ1) is 21.4. The Labute approximate surface area is 209 Å². The molecule has 1 spiro atoms. The Bertz CT molecular complexity index is 1330. The summed E-state index contributed by atoms with van der Waals surface area (Å²) in [7, 11) is 0. The average Bonchev–Trinajstić information content (AvgIpc) is 3.41. The zero-order valence-corrected chi connectivity index (χ0v) is 20.0. The normalized spacial score (nSPS) is 24.7. The third kappa shape index (κ3) is 2.83. The summed E-state index contributed by atoms with van der Waals surface area (Å²) in [6.45, 7) is 0.0797. The average molecular weight is 563 g/mol. The highest BCUT2D eigenvalue weighted by atomic mass is 127. The molecule has 2 aliphatic heterocycles. The number of carbonyl (C=O) groups excluding carboxylic acids is 4. The van der Waals surface area contributed by atoms with Crippen molar-refractivity contribution in [2.24, 2.45) is 11.8 Å². The van der Waals surface area contributed by atoms with Gasteiger partial charge in [0.1, 0.15) is 0 Å². The number of carbonyl (C=O) groups is 4. The van der Waals surface area contributed by atoms with Crippen LogP contribution in [0.1, 0.15) is 37.9 Å². The SMILES string of the molecule is O=C1[C@@H]2[C@@H](c3ccc(I)cc3)OC3(C(=O)c4ccccc4C3=O)[C@H]2C(=O)N1Cc1ccccc1. The molecule has 34 heavy (non-hydrogen) atoms. The number of nitrogens with zero attached hydrogens (tertiary/aromatic N) is 1. The smallest absolute Gasteiger partial charge is 0.237 e. The number of likely N-dealkylation sites (tertiary alicyclic amines) is 1. The first-order chi connectivity index (χ1) is 16.4. The van der Waals surface area contributed by atoms with E-state index in [4.69, 9.17) is 4.74 Å². The topological polar surface area (TPSA) is 80.8 Å². The Morgan fingerprint density at radius 1 is 0.765 bits per heavy atom. The number of halogens is 1. The molecule has 0 saturated carbocycles. The van der Waals surface area contributed by atoms with Crippen LogP contribution < -0.4 is 0 Å². The van der Waals surface area contributed by atoms with Gasteiger partial charge in [-0.25, -0.2) is 0 Å². The first-order valence-corrected chi connectivity index (χ1v) is 12.0. The number of hydrogen-bond acceptors (Lipinski definition) is 5. The molecular formula is C27H18INO5. The zero-order valence-electron chi connectivity index (χ0n) is 17.8. The van der Waals surface area contributed by atoms with E-state index in [9.17, 15) is 19.2 Å². The summed E-state index contributed by atoms with van der Waals surface area (Å²) in [5, 5.41) is 0. The predicted octanol–water partition coefficient (Wildman–Crippen LogP) is 3.98. The monoisotopic (exact) mass is 563 g/mol. The Morgan fingerprint density at radius 3 is 1.97 bits per heavy atom. The molecule has 0 unspecified atom stereocenters. The Kier molecular flexibility index (Phi) is 4.82. The molecule has 2 amide bonds. The maximum absolute atomic E-state index is 13.8. The van der Waals surface area contributed by atoms with Crippen LogP contribution in [-0.4, -0.2) is 33.9 Å². The van der Waals surface area contributed by atoms with Crippen LogP contribution in [0.4, 0.5) is 0 Å². The summed E-state index contributed by atoms with van der Waals surface area (Å²) in [4.78, 5) is 56.0. The Balaban J connectivity index is 1.49. The number of ketones is 2. The molecule has 0 N–H and O–H groups in total. The van der Waals surface area contributed by atoms with Crippen LogP contribution in [0.15, 0.2) is 78.9 Å².